The molecule has 1 amide bonds. The fraction of sp³-hybridized carbons (Fsp3) is 0.654. The molecule has 1 fully saturated rings. The monoisotopic (exact) mass is 491 g/mol. The summed E-state index contributed by atoms with van der Waals surface area (Å²) in [4.78, 5) is 39.7. The third kappa shape index (κ3) is 10.2. The number of unbranched alkanes of at least 4 members (excludes halogenated alkanes) is 3. The summed E-state index contributed by atoms with van der Waals surface area (Å²) >= 11 is 0. The number of aliphatic hydroxyl groups is 1. The number of piperidine rings is 1. The predicted octanol–water partition coefficient (Wildman–Crippen LogP) is 2.30. The topological polar surface area (TPSA) is 112 Å². The molecule has 0 aromatic carbocycles. The highest BCUT2D eigenvalue weighted by Gasteiger charge is 2.26. The SMILES string of the molecule is C=C(C)C(=O)OCCCCCCN(CCCN1CCCC(O)C1=O)CCCn1cccc(O)c1=O. The Kier molecular flexibility index (Phi) is 12.6. The molecule has 1 saturated heterocycles. The molecule has 0 bridgehead atoms. The van der Waals surface area contributed by atoms with Crippen LogP contribution in [0.2, 0.25) is 0 Å². The Morgan fingerprint density at radius 1 is 1.11 bits per heavy atom. The second-order valence-corrected chi connectivity index (χ2v) is 9.25. The maximum Gasteiger partial charge on any atom is 0.333 e. The number of amides is 1. The number of hydrogen-bond donors (Lipinski definition) is 2. The molecular formula is C26H41N3O6. The second-order valence-electron chi connectivity index (χ2n) is 9.25. The number of aromatic hydroxyl groups is 1. The van der Waals surface area contributed by atoms with Crippen molar-refractivity contribution in [3.05, 3.63) is 40.8 Å². The van der Waals surface area contributed by atoms with Crippen LogP contribution in [-0.2, 0) is 20.9 Å². The van der Waals surface area contributed by atoms with Crippen LogP contribution in [-0.4, -0.2) is 81.9 Å². The van der Waals surface area contributed by atoms with Gasteiger partial charge in [-0.05, 0) is 77.2 Å². The number of aromatic nitrogens is 1. The first kappa shape index (κ1) is 28.6. The van der Waals surface area contributed by atoms with Crippen LogP contribution in [0.4, 0.5) is 0 Å². The number of pyridine rings is 1. The molecule has 0 saturated carbocycles. The van der Waals surface area contributed by atoms with Gasteiger partial charge in [-0.1, -0.05) is 19.4 Å². The molecular weight excluding hydrogens is 450 g/mol. The zero-order valence-electron chi connectivity index (χ0n) is 21.0. The standard InChI is InChI=1S/C26H41N3O6/c1-21(2)26(34)35-20-6-4-3-5-13-27(14-9-18-28-16-7-11-22(30)24(28)32)15-10-19-29-17-8-12-23(31)25(29)33/h7,11,16,23,30-31H,1,3-6,8-10,12-15,17-20H2,2H3. The van der Waals surface area contributed by atoms with Crippen LogP contribution >= 0.6 is 0 Å². The van der Waals surface area contributed by atoms with Crippen molar-refractivity contribution in [1.29, 1.82) is 0 Å². The van der Waals surface area contributed by atoms with Gasteiger partial charge in [-0.3, -0.25) is 9.59 Å². The van der Waals surface area contributed by atoms with Crippen LogP contribution in [0.5, 0.6) is 5.75 Å². The van der Waals surface area contributed by atoms with Gasteiger partial charge >= 0.3 is 5.97 Å². The number of ether oxygens (including phenoxy) is 1. The lowest BCUT2D eigenvalue weighted by atomic mass is 10.1. The maximum atomic E-state index is 12.1. The number of aryl methyl sites for hydroxylation is 1. The normalized spacial score (nSPS) is 16.0. The van der Waals surface area contributed by atoms with E-state index in [1.165, 1.54) is 10.6 Å². The van der Waals surface area contributed by atoms with Crippen molar-refractivity contribution < 1.29 is 24.5 Å². The molecule has 9 heteroatoms. The lowest BCUT2D eigenvalue weighted by Crippen LogP contribution is -2.45. The number of likely N-dealkylation sites (tertiary alicyclic amines) is 1. The highest BCUT2D eigenvalue weighted by atomic mass is 16.5. The number of carbonyl (C=O) groups excluding carboxylic acids is 2. The van der Waals surface area contributed by atoms with Gasteiger partial charge in [-0.2, -0.15) is 0 Å². The number of hydrogen-bond acceptors (Lipinski definition) is 7. The average molecular weight is 492 g/mol. The summed E-state index contributed by atoms with van der Waals surface area (Å²) in [5, 5.41) is 19.4. The van der Waals surface area contributed by atoms with Gasteiger partial charge in [0, 0.05) is 31.4 Å². The van der Waals surface area contributed by atoms with Gasteiger partial charge in [0.05, 0.1) is 6.61 Å². The van der Waals surface area contributed by atoms with Gasteiger partial charge in [-0.25, -0.2) is 4.79 Å². The van der Waals surface area contributed by atoms with Crippen molar-refractivity contribution in [3.63, 3.8) is 0 Å². The van der Waals surface area contributed by atoms with E-state index >= 15 is 0 Å². The summed E-state index contributed by atoms with van der Waals surface area (Å²) in [7, 11) is 0. The Morgan fingerprint density at radius 3 is 2.54 bits per heavy atom. The van der Waals surface area contributed by atoms with Gasteiger partial charge < -0.3 is 29.3 Å². The summed E-state index contributed by atoms with van der Waals surface area (Å²) in [6.07, 6.45) is 7.58. The fourth-order valence-corrected chi connectivity index (χ4v) is 4.21. The molecule has 2 rings (SSSR count). The molecule has 2 N–H and O–H groups in total. The summed E-state index contributed by atoms with van der Waals surface area (Å²) in [6, 6.07) is 3.05. The van der Waals surface area contributed by atoms with Crippen LogP contribution < -0.4 is 5.56 Å². The smallest absolute Gasteiger partial charge is 0.333 e. The number of carbonyl (C=O) groups is 2. The van der Waals surface area contributed by atoms with Crippen LogP contribution in [0.15, 0.2) is 35.3 Å². The van der Waals surface area contributed by atoms with E-state index in [0.29, 0.717) is 38.2 Å². The van der Waals surface area contributed by atoms with E-state index in [1.54, 1.807) is 24.1 Å². The lowest BCUT2D eigenvalue weighted by Gasteiger charge is -2.31. The van der Waals surface area contributed by atoms with Gasteiger partial charge in [-0.15, -0.1) is 0 Å². The zero-order chi connectivity index (χ0) is 25.6. The molecule has 1 unspecified atom stereocenters. The van der Waals surface area contributed by atoms with Crippen LogP contribution in [0.25, 0.3) is 0 Å². The molecule has 35 heavy (non-hydrogen) atoms. The van der Waals surface area contributed by atoms with E-state index in [9.17, 15) is 24.6 Å². The van der Waals surface area contributed by atoms with Crippen molar-refractivity contribution in [2.45, 2.75) is 70.9 Å². The first-order chi connectivity index (χ1) is 16.8. The molecule has 1 aromatic rings. The first-order valence-corrected chi connectivity index (χ1v) is 12.7. The summed E-state index contributed by atoms with van der Waals surface area (Å²) in [5.41, 5.74) is 0.0305. The van der Waals surface area contributed by atoms with E-state index in [-0.39, 0.29) is 23.2 Å². The molecule has 9 nitrogen and oxygen atoms in total. The highest BCUT2D eigenvalue weighted by molar-refractivity contribution is 5.86. The molecule has 1 aliphatic heterocycles. The molecule has 0 aliphatic carbocycles. The Morgan fingerprint density at radius 2 is 1.80 bits per heavy atom. The molecule has 0 spiro atoms. The van der Waals surface area contributed by atoms with E-state index in [2.05, 4.69) is 11.5 Å². The maximum absolute atomic E-state index is 12.1. The van der Waals surface area contributed by atoms with Crippen molar-refractivity contribution in [1.82, 2.24) is 14.4 Å². The van der Waals surface area contributed by atoms with Crippen LogP contribution in [0.1, 0.15) is 58.3 Å². The fourth-order valence-electron chi connectivity index (χ4n) is 4.21. The Bertz CT molecular complexity index is 884. The molecule has 1 atom stereocenters. The number of aliphatic hydroxyl groups excluding tert-OH is 1. The van der Waals surface area contributed by atoms with Crippen LogP contribution in [0, 0.1) is 0 Å². The molecule has 0 radical (unpaired) electrons. The summed E-state index contributed by atoms with van der Waals surface area (Å²) in [5.74, 6) is -0.758. The quantitative estimate of drug-likeness (QED) is 0.207. The predicted molar refractivity (Wildman–Crippen MR) is 134 cm³/mol. The van der Waals surface area contributed by atoms with E-state index in [4.69, 9.17) is 4.74 Å². The lowest BCUT2D eigenvalue weighted by molar-refractivity contribution is -0.143. The molecule has 1 aromatic heterocycles. The van der Waals surface area contributed by atoms with Gasteiger partial charge in [0.15, 0.2) is 5.75 Å². The van der Waals surface area contributed by atoms with Crippen molar-refractivity contribution in [2.24, 2.45) is 0 Å². The third-order valence-corrected chi connectivity index (χ3v) is 6.23. The Hall–Kier alpha value is -2.65. The summed E-state index contributed by atoms with van der Waals surface area (Å²) in [6.45, 7) is 9.99. The van der Waals surface area contributed by atoms with Crippen molar-refractivity contribution in [3.8, 4) is 5.75 Å². The number of esters is 1. The molecule has 1 aliphatic rings. The van der Waals surface area contributed by atoms with E-state index in [1.807, 2.05) is 0 Å². The Labute approximate surface area is 208 Å². The third-order valence-electron chi connectivity index (χ3n) is 6.23. The number of nitrogens with zero attached hydrogens (tertiary/aromatic N) is 3. The van der Waals surface area contributed by atoms with Gasteiger partial charge in [0.2, 0.25) is 0 Å². The van der Waals surface area contributed by atoms with Crippen molar-refractivity contribution in [2.75, 3.05) is 39.3 Å². The van der Waals surface area contributed by atoms with Gasteiger partial charge in [0.1, 0.15) is 6.10 Å². The zero-order valence-corrected chi connectivity index (χ0v) is 21.0. The minimum atomic E-state index is -0.866. The minimum Gasteiger partial charge on any atom is -0.503 e. The first-order valence-electron chi connectivity index (χ1n) is 12.7. The highest BCUT2D eigenvalue weighted by Crippen LogP contribution is 2.12. The Balaban J connectivity index is 1.75. The van der Waals surface area contributed by atoms with Crippen LogP contribution in [0.3, 0.4) is 0 Å². The number of rotatable bonds is 16. The average Bonchev–Trinajstić information content (AvgIpc) is 2.83. The minimum absolute atomic E-state index is 0.168. The van der Waals surface area contributed by atoms with E-state index in [0.717, 1.165) is 64.6 Å². The van der Waals surface area contributed by atoms with Gasteiger partial charge in [0.25, 0.3) is 11.5 Å². The van der Waals surface area contributed by atoms with E-state index < -0.39 is 6.10 Å². The molecule has 2 heterocycles. The summed E-state index contributed by atoms with van der Waals surface area (Å²) < 4.78 is 6.65. The largest absolute Gasteiger partial charge is 0.503 e. The molecule has 196 valence electrons. The van der Waals surface area contributed by atoms with Crippen molar-refractivity contribution >= 4 is 11.9 Å². The second kappa shape index (κ2) is 15.4.